The number of hydrogen-bond acceptors (Lipinski definition) is 2. The molecule has 0 atom stereocenters. The standard InChI is InChI=1S/C18H28O2/c1-6-7-8-15-9-11-16(12-10-15)18(19)20-17(13(2)3)14(4)5/h9-14,17H,6-8H2,1-5H3. The van der Waals surface area contributed by atoms with Gasteiger partial charge in [0, 0.05) is 0 Å². The molecule has 0 bridgehead atoms. The van der Waals surface area contributed by atoms with Crippen molar-refractivity contribution in [2.75, 3.05) is 0 Å². The van der Waals surface area contributed by atoms with E-state index in [0.717, 1.165) is 6.42 Å². The second-order valence-electron chi connectivity index (χ2n) is 6.16. The molecule has 0 unspecified atom stereocenters. The van der Waals surface area contributed by atoms with Crippen molar-refractivity contribution < 1.29 is 9.53 Å². The number of unbranched alkanes of at least 4 members (excludes halogenated alkanes) is 1. The van der Waals surface area contributed by atoms with Crippen molar-refractivity contribution in [2.45, 2.75) is 60.0 Å². The highest BCUT2D eigenvalue weighted by Gasteiger charge is 2.22. The van der Waals surface area contributed by atoms with Gasteiger partial charge in [0.1, 0.15) is 6.10 Å². The second kappa shape index (κ2) is 8.08. The summed E-state index contributed by atoms with van der Waals surface area (Å²) in [5, 5.41) is 0. The molecule has 1 aromatic carbocycles. The molecule has 20 heavy (non-hydrogen) atoms. The lowest BCUT2D eigenvalue weighted by Gasteiger charge is -2.24. The van der Waals surface area contributed by atoms with Gasteiger partial charge in [-0.15, -0.1) is 0 Å². The summed E-state index contributed by atoms with van der Waals surface area (Å²) in [6.45, 7) is 10.5. The number of rotatable bonds is 7. The summed E-state index contributed by atoms with van der Waals surface area (Å²) in [6.07, 6.45) is 3.43. The number of carbonyl (C=O) groups excluding carboxylic acids is 1. The molecule has 1 aromatic rings. The summed E-state index contributed by atoms with van der Waals surface area (Å²) in [7, 11) is 0. The maximum Gasteiger partial charge on any atom is 0.338 e. The van der Waals surface area contributed by atoms with Gasteiger partial charge in [-0.05, 0) is 42.4 Å². The van der Waals surface area contributed by atoms with Crippen molar-refractivity contribution in [1.82, 2.24) is 0 Å². The van der Waals surface area contributed by atoms with Crippen molar-refractivity contribution >= 4 is 5.97 Å². The first kappa shape index (κ1) is 16.7. The van der Waals surface area contributed by atoms with Crippen LogP contribution in [0.3, 0.4) is 0 Å². The molecule has 112 valence electrons. The van der Waals surface area contributed by atoms with Crippen LogP contribution in [-0.4, -0.2) is 12.1 Å². The Labute approximate surface area is 123 Å². The molecule has 0 fully saturated rings. The number of ether oxygens (including phenoxy) is 1. The molecule has 1 rings (SSSR count). The monoisotopic (exact) mass is 276 g/mol. The van der Waals surface area contributed by atoms with Gasteiger partial charge in [0.05, 0.1) is 5.56 Å². The van der Waals surface area contributed by atoms with Crippen LogP contribution < -0.4 is 0 Å². The number of carbonyl (C=O) groups is 1. The molecule has 2 heteroatoms. The van der Waals surface area contributed by atoms with E-state index in [1.807, 2.05) is 24.3 Å². The molecule has 0 spiro atoms. The predicted molar refractivity (Wildman–Crippen MR) is 83.9 cm³/mol. The third-order valence-electron chi connectivity index (χ3n) is 3.57. The topological polar surface area (TPSA) is 26.3 Å². The molecule has 0 aliphatic heterocycles. The minimum Gasteiger partial charge on any atom is -0.458 e. The zero-order valence-corrected chi connectivity index (χ0v) is 13.5. The molecule has 0 saturated heterocycles. The highest BCUT2D eigenvalue weighted by Crippen LogP contribution is 2.18. The lowest BCUT2D eigenvalue weighted by Crippen LogP contribution is -2.28. The fourth-order valence-corrected chi connectivity index (χ4v) is 2.42. The molecule has 0 aliphatic rings. The van der Waals surface area contributed by atoms with E-state index >= 15 is 0 Å². The van der Waals surface area contributed by atoms with Gasteiger partial charge in [-0.3, -0.25) is 0 Å². The van der Waals surface area contributed by atoms with Gasteiger partial charge >= 0.3 is 5.97 Å². The van der Waals surface area contributed by atoms with Gasteiger partial charge in [0.2, 0.25) is 0 Å². The molecule has 0 aliphatic carbocycles. The molecule has 0 radical (unpaired) electrons. The van der Waals surface area contributed by atoms with Crippen LogP contribution in [0.5, 0.6) is 0 Å². The van der Waals surface area contributed by atoms with E-state index in [2.05, 4.69) is 34.6 Å². The van der Waals surface area contributed by atoms with Crippen LogP contribution in [0.25, 0.3) is 0 Å². The Morgan fingerprint density at radius 2 is 1.60 bits per heavy atom. The Morgan fingerprint density at radius 3 is 2.05 bits per heavy atom. The van der Waals surface area contributed by atoms with E-state index in [0.29, 0.717) is 17.4 Å². The van der Waals surface area contributed by atoms with Crippen molar-refractivity contribution in [3.05, 3.63) is 35.4 Å². The van der Waals surface area contributed by atoms with Gasteiger partial charge in [0.15, 0.2) is 0 Å². The van der Waals surface area contributed by atoms with E-state index in [1.165, 1.54) is 18.4 Å². The quantitative estimate of drug-likeness (QED) is 0.664. The Bertz CT molecular complexity index is 396. The fourth-order valence-electron chi connectivity index (χ4n) is 2.42. The number of esters is 1. The molecular weight excluding hydrogens is 248 g/mol. The van der Waals surface area contributed by atoms with Crippen LogP contribution in [0, 0.1) is 11.8 Å². The first-order valence-corrected chi connectivity index (χ1v) is 7.75. The SMILES string of the molecule is CCCCc1ccc(C(=O)OC(C(C)C)C(C)C)cc1. The smallest absolute Gasteiger partial charge is 0.338 e. The van der Waals surface area contributed by atoms with Gasteiger partial charge in [-0.1, -0.05) is 53.2 Å². The van der Waals surface area contributed by atoms with Crippen molar-refractivity contribution in [1.29, 1.82) is 0 Å². The summed E-state index contributed by atoms with van der Waals surface area (Å²) in [5.74, 6) is 0.463. The highest BCUT2D eigenvalue weighted by molar-refractivity contribution is 5.89. The molecule has 0 heterocycles. The Balaban J connectivity index is 2.67. The maximum absolute atomic E-state index is 12.2. The first-order chi connectivity index (χ1) is 9.45. The third kappa shape index (κ3) is 4.99. The van der Waals surface area contributed by atoms with Gasteiger partial charge in [0.25, 0.3) is 0 Å². The predicted octanol–water partition coefficient (Wildman–Crippen LogP) is 4.87. The molecule has 0 aromatic heterocycles. The largest absolute Gasteiger partial charge is 0.458 e. The lowest BCUT2D eigenvalue weighted by atomic mass is 9.96. The summed E-state index contributed by atoms with van der Waals surface area (Å²) in [5.41, 5.74) is 1.93. The van der Waals surface area contributed by atoms with Crippen LogP contribution in [0.4, 0.5) is 0 Å². The molecule has 0 N–H and O–H groups in total. The van der Waals surface area contributed by atoms with Crippen LogP contribution in [0.2, 0.25) is 0 Å². The third-order valence-corrected chi connectivity index (χ3v) is 3.57. The average Bonchev–Trinajstić information content (AvgIpc) is 2.42. The van der Waals surface area contributed by atoms with Crippen LogP contribution >= 0.6 is 0 Å². The van der Waals surface area contributed by atoms with Gasteiger partial charge in [-0.25, -0.2) is 4.79 Å². The highest BCUT2D eigenvalue weighted by atomic mass is 16.5. The van der Waals surface area contributed by atoms with E-state index in [1.54, 1.807) is 0 Å². The lowest BCUT2D eigenvalue weighted by molar-refractivity contribution is 0.00324. The van der Waals surface area contributed by atoms with E-state index in [-0.39, 0.29) is 12.1 Å². The zero-order valence-electron chi connectivity index (χ0n) is 13.5. The Kier molecular flexibility index (Phi) is 6.77. The van der Waals surface area contributed by atoms with Crippen LogP contribution in [-0.2, 0) is 11.2 Å². The summed E-state index contributed by atoms with van der Waals surface area (Å²) in [4.78, 5) is 12.2. The maximum atomic E-state index is 12.2. The van der Waals surface area contributed by atoms with Crippen molar-refractivity contribution in [3.8, 4) is 0 Å². The molecule has 2 nitrogen and oxygen atoms in total. The average molecular weight is 276 g/mol. The molecule has 0 saturated carbocycles. The number of benzene rings is 1. The van der Waals surface area contributed by atoms with Crippen molar-refractivity contribution in [3.63, 3.8) is 0 Å². The Hall–Kier alpha value is -1.31. The summed E-state index contributed by atoms with van der Waals surface area (Å²) >= 11 is 0. The first-order valence-electron chi connectivity index (χ1n) is 7.75. The van der Waals surface area contributed by atoms with Crippen molar-refractivity contribution in [2.24, 2.45) is 11.8 Å². The number of hydrogen-bond donors (Lipinski definition) is 0. The molecule has 0 amide bonds. The van der Waals surface area contributed by atoms with E-state index in [9.17, 15) is 4.79 Å². The van der Waals surface area contributed by atoms with Crippen LogP contribution in [0.15, 0.2) is 24.3 Å². The Morgan fingerprint density at radius 1 is 1.05 bits per heavy atom. The summed E-state index contributed by atoms with van der Waals surface area (Å²) < 4.78 is 5.64. The number of aryl methyl sites for hydroxylation is 1. The minimum atomic E-state index is -0.209. The molecular formula is C18H28O2. The van der Waals surface area contributed by atoms with Crippen LogP contribution in [0.1, 0.15) is 63.4 Å². The fraction of sp³-hybridized carbons (Fsp3) is 0.611. The summed E-state index contributed by atoms with van der Waals surface area (Å²) in [6, 6.07) is 7.83. The second-order valence-corrected chi connectivity index (χ2v) is 6.16. The normalized spacial score (nSPS) is 11.4. The van der Waals surface area contributed by atoms with Gasteiger partial charge < -0.3 is 4.74 Å². The zero-order chi connectivity index (χ0) is 15.1. The van der Waals surface area contributed by atoms with E-state index in [4.69, 9.17) is 4.74 Å². The van der Waals surface area contributed by atoms with E-state index < -0.39 is 0 Å². The van der Waals surface area contributed by atoms with Gasteiger partial charge in [-0.2, -0.15) is 0 Å². The minimum absolute atomic E-state index is 0.0257.